The number of aromatic hydroxyl groups is 3. The third-order valence-corrected chi connectivity index (χ3v) is 10.1. The molecule has 7 N–H and O–H groups in total. The number of phenols is 3. The van der Waals surface area contributed by atoms with Gasteiger partial charge in [0.2, 0.25) is 0 Å². The van der Waals surface area contributed by atoms with Gasteiger partial charge in [0, 0.05) is 12.3 Å². The highest BCUT2D eigenvalue weighted by atomic mass is 16.8. The molecule has 0 radical (unpaired) electrons. The van der Waals surface area contributed by atoms with Crippen molar-refractivity contribution in [2.45, 2.75) is 73.8 Å². The van der Waals surface area contributed by atoms with E-state index in [9.17, 15) is 45.3 Å². The number of esters is 2. The first kappa shape index (κ1) is 30.1. The van der Waals surface area contributed by atoms with E-state index in [0.717, 1.165) is 12.1 Å². The van der Waals surface area contributed by atoms with Crippen LogP contribution in [0.3, 0.4) is 0 Å². The van der Waals surface area contributed by atoms with Crippen molar-refractivity contribution in [3.05, 3.63) is 53.6 Å². The van der Waals surface area contributed by atoms with E-state index in [1.165, 1.54) is 0 Å². The molecule has 4 heterocycles. The Morgan fingerprint density at radius 3 is 2.33 bits per heavy atom. The average molecular weight is 633 g/mol. The van der Waals surface area contributed by atoms with Gasteiger partial charge in [0.05, 0.1) is 23.1 Å². The maximum absolute atomic E-state index is 12.9. The topological polar surface area (TPSA) is 231 Å². The Balaban J connectivity index is 1.17. The summed E-state index contributed by atoms with van der Waals surface area (Å²) in [4.78, 5) is 25.9. The number of rotatable bonds is 8. The van der Waals surface area contributed by atoms with Crippen LogP contribution in [-0.2, 0) is 28.4 Å². The number of benzene rings is 2. The number of hydrogen-bond acceptors (Lipinski definition) is 15. The molecular formula is C30H32O15. The predicted octanol–water partition coefficient (Wildman–Crippen LogP) is -0.376. The van der Waals surface area contributed by atoms with Crippen molar-refractivity contribution in [1.82, 2.24) is 0 Å². The zero-order valence-electron chi connectivity index (χ0n) is 23.8. The third kappa shape index (κ3) is 3.99. The standard InChI is InChI=1S/C30H32O15/c1-27-11-29(39)18-9-30(27,28(18,26(44-27)45-29)12-40-23(37)13-5-3-2-4-6-13)43-25-21(36)22(20(35)17(10-31)41-25)42-24(38)14-7-15(32)19(34)16(33)8-14/h2-8,17-18,20-22,25-26,31-36,39H,9-12H2,1H3/t17-,18-,20-,21-,22+,25+,26-,27+,28+,29-,30+/m1/s1. The quantitative estimate of drug-likeness (QED) is 0.145. The van der Waals surface area contributed by atoms with E-state index in [1.54, 1.807) is 37.3 Å². The Morgan fingerprint density at radius 1 is 0.978 bits per heavy atom. The molecule has 11 atom stereocenters. The van der Waals surface area contributed by atoms with Crippen LogP contribution in [0.2, 0.25) is 0 Å². The summed E-state index contributed by atoms with van der Waals surface area (Å²) in [5.41, 5.74) is -3.94. The molecule has 15 heteroatoms. The smallest absolute Gasteiger partial charge is 0.338 e. The number of hydrogen-bond donors (Lipinski definition) is 7. The minimum absolute atomic E-state index is 0.0172. The molecular weight excluding hydrogens is 600 g/mol. The van der Waals surface area contributed by atoms with Gasteiger partial charge in [-0.15, -0.1) is 0 Å². The van der Waals surface area contributed by atoms with Gasteiger partial charge >= 0.3 is 11.9 Å². The molecule has 0 spiro atoms. The number of ether oxygens (including phenoxy) is 6. The van der Waals surface area contributed by atoms with Crippen LogP contribution in [0.5, 0.6) is 17.2 Å². The van der Waals surface area contributed by atoms with Crippen molar-refractivity contribution in [3.63, 3.8) is 0 Å². The summed E-state index contributed by atoms with van der Waals surface area (Å²) in [6.07, 6.45) is -9.30. The molecule has 15 nitrogen and oxygen atoms in total. The normalized spacial score (nSPS) is 42.3. The fraction of sp³-hybridized carbons (Fsp3) is 0.533. The summed E-state index contributed by atoms with van der Waals surface area (Å²) in [5.74, 6) is -6.49. The Bertz CT molecular complexity index is 1510. The lowest BCUT2D eigenvalue weighted by molar-refractivity contribution is -0.424. The van der Waals surface area contributed by atoms with Crippen LogP contribution in [0.4, 0.5) is 0 Å². The molecule has 0 unspecified atom stereocenters. The molecule has 0 amide bonds. The lowest BCUT2D eigenvalue weighted by Crippen LogP contribution is -2.80. The van der Waals surface area contributed by atoms with E-state index < -0.39 is 107 Å². The van der Waals surface area contributed by atoms with E-state index in [2.05, 4.69) is 0 Å². The molecule has 2 aromatic rings. The second kappa shape index (κ2) is 9.98. The van der Waals surface area contributed by atoms with Gasteiger partial charge in [0.15, 0.2) is 41.7 Å². The second-order valence-corrected chi connectivity index (χ2v) is 12.4. The van der Waals surface area contributed by atoms with Crippen LogP contribution in [0.25, 0.3) is 0 Å². The highest BCUT2D eigenvalue weighted by molar-refractivity contribution is 5.91. The molecule has 0 aromatic heterocycles. The fourth-order valence-corrected chi connectivity index (χ4v) is 7.91. The molecule has 2 aromatic carbocycles. The van der Waals surface area contributed by atoms with E-state index >= 15 is 0 Å². The number of aliphatic hydroxyl groups is 4. The van der Waals surface area contributed by atoms with Gasteiger partial charge < -0.3 is 64.2 Å². The first-order chi connectivity index (χ1) is 21.3. The first-order valence-corrected chi connectivity index (χ1v) is 14.4. The zero-order valence-corrected chi connectivity index (χ0v) is 23.8. The summed E-state index contributed by atoms with van der Waals surface area (Å²) in [6, 6.07) is 9.91. The first-order valence-electron chi connectivity index (χ1n) is 14.4. The number of carbonyl (C=O) groups excluding carboxylic acids is 2. The number of carbonyl (C=O) groups is 2. The summed E-state index contributed by atoms with van der Waals surface area (Å²) >= 11 is 0. The molecule has 9 rings (SSSR count). The summed E-state index contributed by atoms with van der Waals surface area (Å²) in [6.45, 7) is 0.644. The molecule has 3 saturated carbocycles. The molecule has 4 saturated heterocycles. The predicted molar refractivity (Wildman–Crippen MR) is 143 cm³/mol. The van der Waals surface area contributed by atoms with Gasteiger partial charge in [-0.05, 0) is 37.6 Å². The largest absolute Gasteiger partial charge is 0.504 e. The molecule has 7 fully saturated rings. The van der Waals surface area contributed by atoms with Gasteiger partial charge in [-0.25, -0.2) is 9.59 Å². The van der Waals surface area contributed by atoms with Crippen LogP contribution < -0.4 is 0 Å². The molecule has 7 aliphatic rings. The molecule has 4 aliphatic heterocycles. The lowest BCUT2D eigenvalue weighted by atomic mass is 9.41. The number of aliphatic hydroxyl groups excluding tert-OH is 3. The van der Waals surface area contributed by atoms with Crippen molar-refractivity contribution in [2.24, 2.45) is 11.3 Å². The Kier molecular flexibility index (Phi) is 6.68. The Labute approximate surface area is 255 Å². The van der Waals surface area contributed by atoms with Crippen molar-refractivity contribution >= 4 is 11.9 Å². The van der Waals surface area contributed by atoms with Crippen LogP contribution in [0.15, 0.2) is 42.5 Å². The van der Waals surface area contributed by atoms with Crippen LogP contribution in [0.1, 0.15) is 40.5 Å². The maximum Gasteiger partial charge on any atom is 0.338 e. The lowest BCUT2D eigenvalue weighted by Gasteiger charge is -2.67. The Hall–Kier alpha value is -3.54. The minimum Gasteiger partial charge on any atom is -0.504 e. The van der Waals surface area contributed by atoms with Crippen LogP contribution >= 0.6 is 0 Å². The summed E-state index contributed by atoms with van der Waals surface area (Å²) in [5, 5.41) is 72.8. The van der Waals surface area contributed by atoms with Gasteiger partial charge in [0.25, 0.3) is 0 Å². The average Bonchev–Trinajstić information content (AvgIpc) is 3.20. The van der Waals surface area contributed by atoms with Crippen molar-refractivity contribution in [1.29, 1.82) is 0 Å². The highest BCUT2D eigenvalue weighted by Gasteiger charge is 2.94. The van der Waals surface area contributed by atoms with Crippen molar-refractivity contribution < 1.29 is 73.8 Å². The Morgan fingerprint density at radius 2 is 1.67 bits per heavy atom. The molecule has 3 aliphatic carbocycles. The molecule has 45 heavy (non-hydrogen) atoms. The monoisotopic (exact) mass is 632 g/mol. The maximum atomic E-state index is 12.9. The van der Waals surface area contributed by atoms with Gasteiger partial charge in [-0.3, -0.25) is 0 Å². The van der Waals surface area contributed by atoms with Gasteiger partial charge in [0.1, 0.15) is 36.1 Å². The van der Waals surface area contributed by atoms with Gasteiger partial charge in [-0.2, -0.15) is 0 Å². The number of phenolic OH excluding ortho intramolecular Hbond substituents is 3. The second-order valence-electron chi connectivity index (χ2n) is 12.4. The van der Waals surface area contributed by atoms with Crippen molar-refractivity contribution in [2.75, 3.05) is 13.2 Å². The summed E-state index contributed by atoms with van der Waals surface area (Å²) in [7, 11) is 0. The van der Waals surface area contributed by atoms with E-state index in [4.69, 9.17) is 28.4 Å². The zero-order chi connectivity index (χ0) is 32.1. The van der Waals surface area contributed by atoms with Crippen molar-refractivity contribution in [3.8, 4) is 17.2 Å². The summed E-state index contributed by atoms with van der Waals surface area (Å²) < 4.78 is 35.5. The van der Waals surface area contributed by atoms with Gasteiger partial charge in [-0.1, -0.05) is 18.2 Å². The fourth-order valence-electron chi connectivity index (χ4n) is 7.91. The SMILES string of the molecule is C[C@@]12C[C@@]3(O)O[C@@H](O1)[C@]1(COC(=O)c4ccccc4)[C@H]3C[C@@]12O[C@@H]1O[C@H](CO)[C@@H](O)[C@H](OC(=O)c2cc(O)c(O)c(O)c2)[C@H]1O. The molecule has 6 bridgehead atoms. The van der Waals surface area contributed by atoms with Crippen LogP contribution in [0, 0.1) is 11.3 Å². The minimum atomic E-state index is -1.85. The van der Waals surface area contributed by atoms with Crippen LogP contribution in [-0.4, -0.2) is 115 Å². The highest BCUT2D eigenvalue weighted by Crippen LogP contribution is 2.81. The van der Waals surface area contributed by atoms with E-state index in [0.29, 0.717) is 5.56 Å². The third-order valence-electron chi connectivity index (χ3n) is 10.1. The van der Waals surface area contributed by atoms with E-state index in [1.807, 2.05) is 0 Å². The molecule has 242 valence electrons. The van der Waals surface area contributed by atoms with E-state index in [-0.39, 0.29) is 19.4 Å².